The van der Waals surface area contributed by atoms with E-state index in [1.54, 1.807) is 13.8 Å². The summed E-state index contributed by atoms with van der Waals surface area (Å²) in [6.07, 6.45) is 2.82. The molecular weight excluding hydrogens is 386 g/mol. The van der Waals surface area contributed by atoms with Gasteiger partial charge in [-0.2, -0.15) is 0 Å². The van der Waals surface area contributed by atoms with Gasteiger partial charge in [-0.1, -0.05) is 5.92 Å². The van der Waals surface area contributed by atoms with Crippen molar-refractivity contribution in [2.45, 2.75) is 52.2 Å². The van der Waals surface area contributed by atoms with Crippen molar-refractivity contribution in [3.05, 3.63) is 11.8 Å². The molecule has 0 fully saturated rings. The van der Waals surface area contributed by atoms with Crippen LogP contribution >= 0.6 is 0 Å². The highest BCUT2D eigenvalue weighted by molar-refractivity contribution is 5.86. The minimum Gasteiger partial charge on any atom is -0.478 e. The molecule has 160 valence electrons. The highest BCUT2D eigenvalue weighted by atomic mass is 16.6. The van der Waals surface area contributed by atoms with Gasteiger partial charge in [0.2, 0.25) is 5.88 Å². The summed E-state index contributed by atoms with van der Waals surface area (Å²) in [6.45, 7) is 6.96. The van der Waals surface area contributed by atoms with Gasteiger partial charge in [0.05, 0.1) is 12.1 Å². The molecule has 0 saturated heterocycles. The van der Waals surface area contributed by atoms with Gasteiger partial charge in [0.15, 0.2) is 17.3 Å². The Morgan fingerprint density at radius 3 is 2.67 bits per heavy atom. The molecule has 0 radical (unpaired) electrons. The Labute approximate surface area is 174 Å². The molecule has 3 heterocycles. The third-order valence-electron chi connectivity index (χ3n) is 4.34. The van der Waals surface area contributed by atoms with Crippen molar-refractivity contribution in [2.24, 2.45) is 5.73 Å². The van der Waals surface area contributed by atoms with Crippen LogP contribution in [0.4, 0.5) is 5.82 Å². The number of nitrogen functional groups attached to an aromatic ring is 1. The average Bonchev–Trinajstić information content (AvgIpc) is 3.28. The summed E-state index contributed by atoms with van der Waals surface area (Å²) >= 11 is 0. The predicted octanol–water partition coefficient (Wildman–Crippen LogP) is 1.71. The number of nitrogens with zero attached hydrogens (tertiary/aromatic N) is 5. The molecule has 0 saturated carbocycles. The Morgan fingerprint density at radius 2 is 2.03 bits per heavy atom. The maximum absolute atomic E-state index is 10.0. The van der Waals surface area contributed by atoms with E-state index in [1.165, 1.54) is 0 Å². The Balaban J connectivity index is 2.08. The van der Waals surface area contributed by atoms with Crippen molar-refractivity contribution in [3.63, 3.8) is 0 Å². The number of fused-ring (bicyclic) bond motifs is 1. The van der Waals surface area contributed by atoms with Crippen LogP contribution in [0.15, 0.2) is 10.7 Å². The number of nitrogens with two attached hydrogens (primary N) is 2. The van der Waals surface area contributed by atoms with Crippen LogP contribution in [-0.4, -0.2) is 48.7 Å². The van der Waals surface area contributed by atoms with E-state index in [-0.39, 0.29) is 5.82 Å². The first-order valence-electron chi connectivity index (χ1n) is 9.92. The molecule has 0 bridgehead atoms. The zero-order chi connectivity index (χ0) is 21.7. The second-order valence-electron chi connectivity index (χ2n) is 7.36. The van der Waals surface area contributed by atoms with E-state index in [9.17, 15) is 5.11 Å². The molecule has 3 aromatic rings. The molecule has 3 aromatic heterocycles. The molecule has 0 aliphatic rings. The number of anilines is 1. The van der Waals surface area contributed by atoms with Crippen molar-refractivity contribution in [2.75, 3.05) is 18.9 Å². The first-order valence-corrected chi connectivity index (χ1v) is 9.92. The summed E-state index contributed by atoms with van der Waals surface area (Å²) in [6, 6.07) is 1.82. The van der Waals surface area contributed by atoms with E-state index in [0.29, 0.717) is 48.3 Å². The molecular formula is C20H27N7O3. The van der Waals surface area contributed by atoms with Crippen LogP contribution in [0.1, 0.15) is 45.7 Å². The molecule has 5 N–H and O–H groups in total. The highest BCUT2D eigenvalue weighted by Crippen LogP contribution is 2.29. The van der Waals surface area contributed by atoms with Crippen LogP contribution in [0.25, 0.3) is 22.6 Å². The fourth-order valence-electron chi connectivity index (χ4n) is 2.92. The van der Waals surface area contributed by atoms with Gasteiger partial charge >= 0.3 is 0 Å². The fraction of sp³-hybridized carbons (Fsp3) is 0.500. The molecule has 3 rings (SSSR count). The van der Waals surface area contributed by atoms with Gasteiger partial charge in [-0.3, -0.25) is 0 Å². The standard InChI is InChI=1S/C20H27N7O3/c1-4-27-14-12-15(29-11-7-5-6-10-21)23-13(8-9-20(2,3)28)16(14)24-19(27)17-18(22)26-30-25-17/h12,28H,4-7,10-11,21H2,1-3H3,(H2,22,26). The zero-order valence-corrected chi connectivity index (χ0v) is 17.5. The van der Waals surface area contributed by atoms with Crippen LogP contribution in [0.3, 0.4) is 0 Å². The Kier molecular flexibility index (Phi) is 6.54. The number of aromatic nitrogens is 5. The number of aryl methyl sites for hydroxylation is 1. The summed E-state index contributed by atoms with van der Waals surface area (Å²) in [5.41, 5.74) is 12.3. The number of pyridine rings is 1. The first-order chi connectivity index (χ1) is 14.3. The quantitative estimate of drug-likeness (QED) is 0.370. The van der Waals surface area contributed by atoms with Crippen LogP contribution in [0.2, 0.25) is 0 Å². The Hall–Kier alpha value is -3.16. The van der Waals surface area contributed by atoms with Gasteiger partial charge in [0, 0.05) is 12.6 Å². The summed E-state index contributed by atoms with van der Waals surface area (Å²) in [5, 5.41) is 17.5. The van der Waals surface area contributed by atoms with Crippen molar-refractivity contribution < 1.29 is 14.5 Å². The van der Waals surface area contributed by atoms with E-state index in [4.69, 9.17) is 20.8 Å². The largest absolute Gasteiger partial charge is 0.478 e. The van der Waals surface area contributed by atoms with Gasteiger partial charge in [0.1, 0.15) is 16.8 Å². The molecule has 0 atom stereocenters. The average molecular weight is 413 g/mol. The van der Waals surface area contributed by atoms with Crippen molar-refractivity contribution in [1.82, 2.24) is 24.8 Å². The van der Waals surface area contributed by atoms with E-state index < -0.39 is 5.60 Å². The van der Waals surface area contributed by atoms with Gasteiger partial charge in [0.25, 0.3) is 0 Å². The number of rotatable bonds is 8. The summed E-state index contributed by atoms with van der Waals surface area (Å²) in [7, 11) is 0. The third-order valence-corrected chi connectivity index (χ3v) is 4.34. The zero-order valence-electron chi connectivity index (χ0n) is 17.5. The fourth-order valence-corrected chi connectivity index (χ4v) is 2.92. The smallest absolute Gasteiger partial charge is 0.216 e. The van der Waals surface area contributed by atoms with Gasteiger partial charge < -0.3 is 25.9 Å². The van der Waals surface area contributed by atoms with Gasteiger partial charge in [-0.05, 0) is 62.8 Å². The van der Waals surface area contributed by atoms with E-state index >= 15 is 0 Å². The first kappa shape index (κ1) is 21.5. The topological polar surface area (TPSA) is 151 Å². The lowest BCUT2D eigenvalue weighted by Crippen LogP contribution is -2.14. The number of aliphatic hydroxyl groups is 1. The molecule has 0 aromatic carbocycles. The highest BCUT2D eigenvalue weighted by Gasteiger charge is 2.21. The van der Waals surface area contributed by atoms with Crippen LogP contribution in [0, 0.1) is 11.8 Å². The minimum absolute atomic E-state index is 0.147. The molecule has 10 nitrogen and oxygen atoms in total. The molecule has 0 aliphatic carbocycles. The van der Waals surface area contributed by atoms with E-state index in [2.05, 4.69) is 32.1 Å². The third kappa shape index (κ3) is 4.87. The lowest BCUT2D eigenvalue weighted by Gasteiger charge is -2.09. The van der Waals surface area contributed by atoms with Crippen molar-refractivity contribution in [1.29, 1.82) is 0 Å². The molecule has 0 spiro atoms. The number of ether oxygens (including phenoxy) is 1. The molecule has 10 heteroatoms. The number of unbranched alkanes of at least 4 members (excludes halogenated alkanes) is 2. The number of hydrogen-bond donors (Lipinski definition) is 3. The summed E-state index contributed by atoms with van der Waals surface area (Å²) in [5.74, 6) is 6.80. The Bertz CT molecular complexity index is 1070. The van der Waals surface area contributed by atoms with Crippen LogP contribution in [-0.2, 0) is 6.54 Å². The Morgan fingerprint density at radius 1 is 1.23 bits per heavy atom. The molecule has 0 amide bonds. The van der Waals surface area contributed by atoms with E-state index in [0.717, 1.165) is 24.8 Å². The van der Waals surface area contributed by atoms with Gasteiger partial charge in [-0.15, -0.1) is 0 Å². The second-order valence-corrected chi connectivity index (χ2v) is 7.36. The summed E-state index contributed by atoms with van der Waals surface area (Å²) < 4.78 is 12.5. The second kappa shape index (κ2) is 9.11. The lowest BCUT2D eigenvalue weighted by atomic mass is 10.1. The van der Waals surface area contributed by atoms with Crippen molar-refractivity contribution in [3.8, 4) is 29.2 Å². The normalized spacial score (nSPS) is 11.5. The SMILES string of the molecule is CCn1c(-c2nonc2N)nc2c(C#CC(C)(C)O)nc(OCCCCCN)cc21. The monoisotopic (exact) mass is 413 g/mol. The maximum atomic E-state index is 10.0. The minimum atomic E-state index is -1.18. The van der Waals surface area contributed by atoms with Crippen LogP contribution < -0.4 is 16.2 Å². The number of hydrogen-bond acceptors (Lipinski definition) is 9. The number of imidazole rings is 1. The summed E-state index contributed by atoms with van der Waals surface area (Å²) in [4.78, 5) is 9.17. The predicted molar refractivity (Wildman–Crippen MR) is 112 cm³/mol. The van der Waals surface area contributed by atoms with Crippen molar-refractivity contribution >= 4 is 16.9 Å². The van der Waals surface area contributed by atoms with Gasteiger partial charge in [-0.25, -0.2) is 14.6 Å². The lowest BCUT2D eigenvalue weighted by molar-refractivity contribution is 0.143. The van der Waals surface area contributed by atoms with E-state index in [1.807, 2.05) is 17.6 Å². The maximum Gasteiger partial charge on any atom is 0.216 e. The molecule has 30 heavy (non-hydrogen) atoms. The van der Waals surface area contributed by atoms with Crippen LogP contribution in [0.5, 0.6) is 5.88 Å². The molecule has 0 unspecified atom stereocenters. The molecule has 0 aliphatic heterocycles.